The summed E-state index contributed by atoms with van der Waals surface area (Å²) in [5, 5.41) is 11.6. The van der Waals surface area contributed by atoms with Gasteiger partial charge < -0.3 is 19.5 Å². The second-order valence-corrected chi connectivity index (χ2v) is 9.18. The number of rotatable bonds is 8. The number of ether oxygens (including phenoxy) is 2. The summed E-state index contributed by atoms with van der Waals surface area (Å²) in [6, 6.07) is 17.8. The first-order chi connectivity index (χ1) is 16.5. The average Bonchev–Trinajstić information content (AvgIpc) is 2.87. The van der Waals surface area contributed by atoms with E-state index in [4.69, 9.17) is 9.47 Å². The highest BCUT2D eigenvalue weighted by molar-refractivity contribution is 5.83. The number of benzene rings is 2. The SMILES string of the molecule is COc1ccc2nccc(CCC[C@@H]3CCN(C(=O)OCc4ccccc4)C[C@@H]3C(C)O)c2c1. The second kappa shape index (κ2) is 11.3. The zero-order valence-corrected chi connectivity index (χ0v) is 20.0. The van der Waals surface area contributed by atoms with Crippen molar-refractivity contribution in [3.8, 4) is 5.75 Å². The van der Waals surface area contributed by atoms with Crippen molar-refractivity contribution in [3.63, 3.8) is 0 Å². The average molecular weight is 463 g/mol. The van der Waals surface area contributed by atoms with Crippen molar-refractivity contribution in [2.45, 2.75) is 45.3 Å². The number of fused-ring (bicyclic) bond motifs is 1. The summed E-state index contributed by atoms with van der Waals surface area (Å²) in [5.74, 6) is 1.26. The van der Waals surface area contributed by atoms with Crippen molar-refractivity contribution in [1.82, 2.24) is 9.88 Å². The summed E-state index contributed by atoms with van der Waals surface area (Å²) in [5.41, 5.74) is 3.21. The van der Waals surface area contributed by atoms with Crippen molar-refractivity contribution < 1.29 is 19.4 Å². The number of likely N-dealkylation sites (tertiary alicyclic amines) is 1. The lowest BCUT2D eigenvalue weighted by molar-refractivity contribution is 0.0132. The van der Waals surface area contributed by atoms with Crippen LogP contribution in [0.15, 0.2) is 60.8 Å². The third-order valence-corrected chi connectivity index (χ3v) is 6.95. The lowest BCUT2D eigenvalue weighted by atomic mass is 9.79. The van der Waals surface area contributed by atoms with Crippen LogP contribution in [0, 0.1) is 11.8 Å². The van der Waals surface area contributed by atoms with E-state index in [-0.39, 0.29) is 18.6 Å². The van der Waals surface area contributed by atoms with Gasteiger partial charge in [0.05, 0.1) is 18.7 Å². The fourth-order valence-electron chi connectivity index (χ4n) is 4.99. The van der Waals surface area contributed by atoms with Gasteiger partial charge in [-0.15, -0.1) is 0 Å². The van der Waals surface area contributed by atoms with Crippen LogP contribution in [-0.4, -0.2) is 47.4 Å². The molecule has 0 saturated carbocycles. The molecule has 1 aromatic heterocycles. The van der Waals surface area contributed by atoms with Crippen LogP contribution in [0.3, 0.4) is 0 Å². The molecule has 1 fully saturated rings. The minimum atomic E-state index is -0.472. The molecule has 1 aliphatic rings. The molecule has 0 radical (unpaired) electrons. The van der Waals surface area contributed by atoms with E-state index in [9.17, 15) is 9.90 Å². The molecule has 1 unspecified atom stereocenters. The molecule has 2 heterocycles. The summed E-state index contributed by atoms with van der Waals surface area (Å²) < 4.78 is 10.9. The maximum atomic E-state index is 12.6. The Morgan fingerprint density at radius 3 is 2.79 bits per heavy atom. The third-order valence-electron chi connectivity index (χ3n) is 6.95. The van der Waals surface area contributed by atoms with Crippen LogP contribution in [0.2, 0.25) is 0 Å². The molecule has 1 N–H and O–H groups in total. The summed E-state index contributed by atoms with van der Waals surface area (Å²) >= 11 is 0. The standard InChI is InChI=1S/C28H34N2O4/c1-20(31)26-18-30(28(32)34-19-21-7-4-3-5-8-21)16-14-23(26)10-6-9-22-13-15-29-27-12-11-24(33-2)17-25(22)27/h3-5,7-8,11-13,15,17,20,23,26,31H,6,9-10,14,16,18-19H2,1-2H3/t20?,23-,26-/m1/s1. The first-order valence-corrected chi connectivity index (χ1v) is 12.1. The Morgan fingerprint density at radius 1 is 1.21 bits per heavy atom. The maximum Gasteiger partial charge on any atom is 0.410 e. The van der Waals surface area contributed by atoms with Gasteiger partial charge in [0.1, 0.15) is 12.4 Å². The van der Waals surface area contributed by atoms with Crippen molar-refractivity contribution in [2.24, 2.45) is 11.8 Å². The maximum absolute atomic E-state index is 12.6. The first-order valence-electron chi connectivity index (χ1n) is 12.1. The molecule has 180 valence electrons. The Labute approximate surface area is 201 Å². The highest BCUT2D eigenvalue weighted by Crippen LogP contribution is 2.32. The molecule has 1 saturated heterocycles. The molecule has 1 aliphatic heterocycles. The number of hydrogen-bond donors (Lipinski definition) is 1. The number of carbonyl (C=O) groups excluding carboxylic acids is 1. The van der Waals surface area contributed by atoms with E-state index in [2.05, 4.69) is 17.1 Å². The number of amides is 1. The van der Waals surface area contributed by atoms with E-state index in [0.29, 0.717) is 19.0 Å². The van der Waals surface area contributed by atoms with Crippen LogP contribution in [0.5, 0.6) is 5.75 Å². The minimum Gasteiger partial charge on any atom is -0.497 e. The normalized spacial score (nSPS) is 19.1. The van der Waals surface area contributed by atoms with Gasteiger partial charge in [-0.05, 0) is 73.9 Å². The number of methoxy groups -OCH3 is 1. The van der Waals surface area contributed by atoms with E-state index < -0.39 is 6.10 Å². The largest absolute Gasteiger partial charge is 0.497 e. The van der Waals surface area contributed by atoms with Gasteiger partial charge >= 0.3 is 6.09 Å². The quantitative estimate of drug-likeness (QED) is 0.497. The van der Waals surface area contributed by atoms with Crippen LogP contribution >= 0.6 is 0 Å². The smallest absolute Gasteiger partial charge is 0.410 e. The Kier molecular flexibility index (Phi) is 8.01. The number of aliphatic hydroxyl groups excluding tert-OH is 1. The molecular weight excluding hydrogens is 428 g/mol. The van der Waals surface area contributed by atoms with Gasteiger partial charge in [-0.25, -0.2) is 4.79 Å². The summed E-state index contributed by atoms with van der Waals surface area (Å²) in [7, 11) is 1.68. The van der Waals surface area contributed by atoms with Gasteiger partial charge in [0, 0.05) is 30.6 Å². The molecule has 34 heavy (non-hydrogen) atoms. The molecule has 0 spiro atoms. The Morgan fingerprint density at radius 2 is 2.03 bits per heavy atom. The number of carbonyl (C=O) groups is 1. The summed E-state index contributed by atoms with van der Waals surface area (Å²) in [4.78, 5) is 18.8. The summed E-state index contributed by atoms with van der Waals surface area (Å²) in [6.07, 6.45) is 4.94. The van der Waals surface area contributed by atoms with Gasteiger partial charge in [-0.2, -0.15) is 0 Å². The topological polar surface area (TPSA) is 71.9 Å². The predicted octanol–water partition coefficient (Wildman–Crippen LogP) is 5.22. The number of aliphatic hydroxyl groups is 1. The number of hydrogen-bond acceptors (Lipinski definition) is 5. The fraction of sp³-hybridized carbons (Fsp3) is 0.429. The van der Waals surface area contributed by atoms with Crippen molar-refractivity contribution >= 4 is 17.0 Å². The van der Waals surface area contributed by atoms with Gasteiger partial charge in [0.25, 0.3) is 0 Å². The monoisotopic (exact) mass is 462 g/mol. The number of piperidine rings is 1. The van der Waals surface area contributed by atoms with Crippen molar-refractivity contribution in [3.05, 3.63) is 71.9 Å². The first kappa shape index (κ1) is 24.0. The van der Waals surface area contributed by atoms with Crippen molar-refractivity contribution in [2.75, 3.05) is 20.2 Å². The van der Waals surface area contributed by atoms with Crippen molar-refractivity contribution in [1.29, 1.82) is 0 Å². The lowest BCUT2D eigenvalue weighted by Crippen LogP contribution is -2.47. The van der Waals surface area contributed by atoms with E-state index in [1.165, 1.54) is 5.56 Å². The van der Waals surface area contributed by atoms with Gasteiger partial charge in [-0.1, -0.05) is 30.3 Å². The molecule has 0 aliphatic carbocycles. The van der Waals surface area contributed by atoms with E-state index in [1.807, 2.05) is 55.6 Å². The van der Waals surface area contributed by atoms with Crippen LogP contribution in [0.4, 0.5) is 4.79 Å². The van der Waals surface area contributed by atoms with E-state index in [1.54, 1.807) is 12.0 Å². The highest BCUT2D eigenvalue weighted by Gasteiger charge is 2.34. The zero-order valence-electron chi connectivity index (χ0n) is 20.0. The Hall–Kier alpha value is -3.12. The molecule has 6 heteroatoms. The molecule has 4 rings (SSSR count). The summed E-state index contributed by atoms with van der Waals surface area (Å²) in [6.45, 7) is 3.30. The molecule has 0 bridgehead atoms. The molecule has 3 aromatic rings. The fourth-order valence-corrected chi connectivity index (χ4v) is 4.99. The van der Waals surface area contributed by atoms with Crippen LogP contribution in [0.1, 0.15) is 37.3 Å². The predicted molar refractivity (Wildman–Crippen MR) is 133 cm³/mol. The van der Waals surface area contributed by atoms with E-state index in [0.717, 1.165) is 47.9 Å². The second-order valence-electron chi connectivity index (χ2n) is 9.18. The third kappa shape index (κ3) is 5.86. The minimum absolute atomic E-state index is 0.0484. The van der Waals surface area contributed by atoms with E-state index >= 15 is 0 Å². The molecule has 1 amide bonds. The van der Waals surface area contributed by atoms with Crippen LogP contribution in [0.25, 0.3) is 10.9 Å². The Balaban J connectivity index is 1.32. The lowest BCUT2D eigenvalue weighted by Gasteiger charge is -2.39. The molecular formula is C28H34N2O4. The highest BCUT2D eigenvalue weighted by atomic mass is 16.6. The van der Waals surface area contributed by atoms with Crippen LogP contribution < -0.4 is 4.74 Å². The number of nitrogens with zero attached hydrogens (tertiary/aromatic N) is 2. The number of aromatic nitrogens is 1. The zero-order chi connectivity index (χ0) is 23.9. The number of aryl methyl sites for hydroxylation is 1. The van der Waals surface area contributed by atoms with Crippen LogP contribution in [-0.2, 0) is 17.8 Å². The van der Waals surface area contributed by atoms with Gasteiger partial charge in [-0.3, -0.25) is 4.98 Å². The van der Waals surface area contributed by atoms with Gasteiger partial charge in [0.2, 0.25) is 0 Å². The molecule has 2 aromatic carbocycles. The molecule has 3 atom stereocenters. The molecule has 6 nitrogen and oxygen atoms in total. The van der Waals surface area contributed by atoms with Gasteiger partial charge in [0.15, 0.2) is 0 Å². The Bertz CT molecular complexity index is 1090. The number of pyridine rings is 1.